The Hall–Kier alpha value is -2.49. The van der Waals surface area contributed by atoms with Crippen LogP contribution in [-0.4, -0.2) is 37.0 Å². The Bertz CT molecular complexity index is 676. The number of hydrogen-bond donors (Lipinski definition) is 1. The fourth-order valence-electron chi connectivity index (χ4n) is 2.89. The fourth-order valence-corrected chi connectivity index (χ4v) is 2.89. The minimum atomic E-state index is 0.115. The van der Waals surface area contributed by atoms with Crippen LogP contribution in [0.4, 0.5) is 11.4 Å². The van der Waals surface area contributed by atoms with E-state index in [2.05, 4.69) is 4.90 Å². The van der Waals surface area contributed by atoms with E-state index >= 15 is 0 Å². The first-order valence-electron chi connectivity index (χ1n) is 7.60. The van der Waals surface area contributed by atoms with Crippen molar-refractivity contribution < 1.29 is 4.79 Å². The van der Waals surface area contributed by atoms with Crippen molar-refractivity contribution >= 4 is 17.3 Å². The van der Waals surface area contributed by atoms with Crippen LogP contribution >= 0.6 is 0 Å². The summed E-state index contributed by atoms with van der Waals surface area (Å²) in [4.78, 5) is 16.7. The predicted molar refractivity (Wildman–Crippen MR) is 90.1 cm³/mol. The lowest BCUT2D eigenvalue weighted by Crippen LogP contribution is -2.49. The molecule has 0 aliphatic carbocycles. The van der Waals surface area contributed by atoms with Gasteiger partial charge in [0.05, 0.1) is 11.4 Å². The van der Waals surface area contributed by atoms with Crippen molar-refractivity contribution in [2.75, 3.05) is 36.8 Å². The molecule has 4 nitrogen and oxygen atoms in total. The molecule has 0 aromatic heterocycles. The number of amides is 1. The molecule has 114 valence electrons. The summed E-state index contributed by atoms with van der Waals surface area (Å²) in [5.41, 5.74) is 9.77. The smallest absolute Gasteiger partial charge is 0.253 e. The topological polar surface area (TPSA) is 49.6 Å². The van der Waals surface area contributed by atoms with Crippen molar-refractivity contribution in [2.45, 2.75) is 6.92 Å². The SMILES string of the molecule is Cc1cccc(C(=O)N2CCN(c3ccccc3N)CC2)c1. The lowest BCUT2D eigenvalue weighted by molar-refractivity contribution is 0.0747. The highest BCUT2D eigenvalue weighted by Gasteiger charge is 2.23. The molecule has 0 radical (unpaired) electrons. The Morgan fingerprint density at radius 1 is 1.00 bits per heavy atom. The van der Waals surface area contributed by atoms with Crippen LogP contribution in [0.3, 0.4) is 0 Å². The third-order valence-corrected chi connectivity index (χ3v) is 4.11. The second-order valence-electron chi connectivity index (χ2n) is 5.71. The number of nitrogens with zero attached hydrogens (tertiary/aromatic N) is 2. The maximum absolute atomic E-state index is 12.5. The first-order valence-corrected chi connectivity index (χ1v) is 7.60. The molecule has 1 amide bonds. The number of nitrogens with two attached hydrogens (primary N) is 1. The summed E-state index contributed by atoms with van der Waals surface area (Å²) >= 11 is 0. The van der Waals surface area contributed by atoms with Crippen molar-refractivity contribution in [1.82, 2.24) is 4.90 Å². The number of benzene rings is 2. The number of carbonyl (C=O) groups is 1. The van der Waals surface area contributed by atoms with Crippen LogP contribution in [0.25, 0.3) is 0 Å². The van der Waals surface area contributed by atoms with E-state index in [9.17, 15) is 4.79 Å². The largest absolute Gasteiger partial charge is 0.397 e. The normalized spacial score (nSPS) is 15.0. The van der Waals surface area contributed by atoms with Gasteiger partial charge in [0.1, 0.15) is 0 Å². The van der Waals surface area contributed by atoms with Gasteiger partial charge in [0.2, 0.25) is 0 Å². The number of aryl methyl sites for hydroxylation is 1. The van der Waals surface area contributed by atoms with Crippen LogP contribution in [0.1, 0.15) is 15.9 Å². The highest BCUT2D eigenvalue weighted by molar-refractivity contribution is 5.94. The molecule has 1 fully saturated rings. The average Bonchev–Trinajstić information content (AvgIpc) is 2.55. The molecular weight excluding hydrogens is 274 g/mol. The van der Waals surface area contributed by atoms with Crippen LogP contribution < -0.4 is 10.6 Å². The van der Waals surface area contributed by atoms with Crippen LogP contribution in [0.5, 0.6) is 0 Å². The number of piperazine rings is 1. The predicted octanol–water partition coefficient (Wildman–Crippen LogP) is 2.54. The highest BCUT2D eigenvalue weighted by atomic mass is 16.2. The lowest BCUT2D eigenvalue weighted by Gasteiger charge is -2.36. The van der Waals surface area contributed by atoms with Crippen molar-refractivity contribution in [3.8, 4) is 0 Å². The van der Waals surface area contributed by atoms with Gasteiger partial charge in [-0.2, -0.15) is 0 Å². The minimum Gasteiger partial charge on any atom is -0.397 e. The molecule has 0 spiro atoms. The summed E-state index contributed by atoms with van der Waals surface area (Å²) < 4.78 is 0. The van der Waals surface area contributed by atoms with Gasteiger partial charge in [0, 0.05) is 31.7 Å². The summed E-state index contributed by atoms with van der Waals surface area (Å²) in [6, 6.07) is 15.7. The van der Waals surface area contributed by atoms with Crippen LogP contribution in [-0.2, 0) is 0 Å². The Kier molecular flexibility index (Phi) is 4.00. The standard InChI is InChI=1S/C18H21N3O/c1-14-5-4-6-15(13-14)18(22)21-11-9-20(10-12-21)17-8-3-2-7-16(17)19/h2-8,13H,9-12,19H2,1H3. The fraction of sp³-hybridized carbons (Fsp3) is 0.278. The van der Waals surface area contributed by atoms with E-state index in [4.69, 9.17) is 5.73 Å². The quantitative estimate of drug-likeness (QED) is 0.866. The summed E-state index contributed by atoms with van der Waals surface area (Å²) in [5, 5.41) is 0. The molecule has 1 aliphatic rings. The van der Waals surface area contributed by atoms with E-state index < -0.39 is 0 Å². The van der Waals surface area contributed by atoms with Crippen molar-refractivity contribution in [1.29, 1.82) is 0 Å². The Morgan fingerprint density at radius 2 is 1.73 bits per heavy atom. The van der Waals surface area contributed by atoms with Gasteiger partial charge in [0.25, 0.3) is 5.91 Å². The highest BCUT2D eigenvalue weighted by Crippen LogP contribution is 2.24. The molecule has 22 heavy (non-hydrogen) atoms. The summed E-state index contributed by atoms with van der Waals surface area (Å²) in [5.74, 6) is 0.115. The zero-order chi connectivity index (χ0) is 15.5. The van der Waals surface area contributed by atoms with E-state index in [1.54, 1.807) is 0 Å². The minimum absolute atomic E-state index is 0.115. The third-order valence-electron chi connectivity index (χ3n) is 4.11. The molecule has 3 rings (SSSR count). The molecule has 0 atom stereocenters. The lowest BCUT2D eigenvalue weighted by atomic mass is 10.1. The van der Waals surface area contributed by atoms with E-state index in [0.717, 1.165) is 48.7 Å². The molecule has 1 saturated heterocycles. The van der Waals surface area contributed by atoms with Crippen LogP contribution in [0.2, 0.25) is 0 Å². The van der Waals surface area contributed by atoms with Gasteiger partial charge >= 0.3 is 0 Å². The van der Waals surface area contributed by atoms with E-state index in [1.165, 1.54) is 0 Å². The van der Waals surface area contributed by atoms with Gasteiger partial charge < -0.3 is 15.5 Å². The van der Waals surface area contributed by atoms with Crippen molar-refractivity contribution in [3.05, 3.63) is 59.7 Å². The van der Waals surface area contributed by atoms with E-state index in [-0.39, 0.29) is 5.91 Å². The van der Waals surface area contributed by atoms with Gasteiger partial charge in [0.15, 0.2) is 0 Å². The Morgan fingerprint density at radius 3 is 2.41 bits per heavy atom. The third kappa shape index (κ3) is 2.91. The van der Waals surface area contributed by atoms with Crippen LogP contribution in [0, 0.1) is 6.92 Å². The molecular formula is C18H21N3O. The van der Waals surface area contributed by atoms with Crippen LogP contribution in [0.15, 0.2) is 48.5 Å². The number of rotatable bonds is 2. The molecule has 1 aliphatic heterocycles. The van der Waals surface area contributed by atoms with E-state index in [0.29, 0.717) is 0 Å². The maximum atomic E-state index is 12.5. The first kappa shape index (κ1) is 14.4. The zero-order valence-corrected chi connectivity index (χ0v) is 12.8. The van der Waals surface area contributed by atoms with Crippen molar-refractivity contribution in [3.63, 3.8) is 0 Å². The van der Waals surface area contributed by atoms with Gasteiger partial charge in [-0.3, -0.25) is 4.79 Å². The second kappa shape index (κ2) is 6.10. The molecule has 1 heterocycles. The molecule has 2 aromatic carbocycles. The monoisotopic (exact) mass is 295 g/mol. The molecule has 4 heteroatoms. The number of anilines is 2. The van der Waals surface area contributed by atoms with Gasteiger partial charge in [-0.05, 0) is 31.2 Å². The Labute approximate surface area is 131 Å². The average molecular weight is 295 g/mol. The second-order valence-corrected chi connectivity index (χ2v) is 5.71. The summed E-state index contributed by atoms with van der Waals surface area (Å²) in [7, 11) is 0. The zero-order valence-electron chi connectivity index (χ0n) is 12.8. The number of hydrogen-bond acceptors (Lipinski definition) is 3. The first-order chi connectivity index (χ1) is 10.6. The number of carbonyl (C=O) groups excluding carboxylic acids is 1. The van der Waals surface area contributed by atoms with Gasteiger partial charge in [-0.1, -0.05) is 29.8 Å². The number of nitrogen functional groups attached to an aromatic ring is 1. The molecule has 0 unspecified atom stereocenters. The molecule has 2 N–H and O–H groups in total. The van der Waals surface area contributed by atoms with Gasteiger partial charge in [-0.25, -0.2) is 0 Å². The van der Waals surface area contributed by atoms with Gasteiger partial charge in [-0.15, -0.1) is 0 Å². The van der Waals surface area contributed by atoms with E-state index in [1.807, 2.05) is 60.4 Å². The molecule has 0 saturated carbocycles. The Balaban J connectivity index is 1.67. The molecule has 2 aromatic rings. The summed E-state index contributed by atoms with van der Waals surface area (Å²) in [6.45, 7) is 5.08. The summed E-state index contributed by atoms with van der Waals surface area (Å²) in [6.07, 6.45) is 0. The molecule has 0 bridgehead atoms. The van der Waals surface area contributed by atoms with Crippen molar-refractivity contribution in [2.24, 2.45) is 0 Å². The number of para-hydroxylation sites is 2. The maximum Gasteiger partial charge on any atom is 0.253 e.